The first-order valence-electron chi connectivity index (χ1n) is 3.14. The summed E-state index contributed by atoms with van der Waals surface area (Å²) in [6, 6.07) is 0. The molecule has 56 valence electrons. The molecule has 0 fully saturated rings. The van der Waals surface area contributed by atoms with Gasteiger partial charge in [0.25, 0.3) is 0 Å². The monoisotopic (exact) mass is 141 g/mol. The summed E-state index contributed by atoms with van der Waals surface area (Å²) in [4.78, 5) is 3.90. The summed E-state index contributed by atoms with van der Waals surface area (Å²) in [7, 11) is 0. The fourth-order valence-electron chi connectivity index (χ4n) is 0.560. The van der Waals surface area contributed by atoms with Gasteiger partial charge in [-0.1, -0.05) is 19.0 Å². The number of aromatic nitrogens is 2. The minimum Gasteiger partial charge on any atom is -0.343 e. The van der Waals surface area contributed by atoms with E-state index in [2.05, 4.69) is 14.7 Å². The molecule has 0 aliphatic heterocycles. The van der Waals surface area contributed by atoms with Crippen molar-refractivity contribution in [2.45, 2.75) is 19.3 Å². The van der Waals surface area contributed by atoms with Gasteiger partial charge in [-0.3, -0.25) is 0 Å². The Kier molecular flexibility index (Phi) is 1.72. The third kappa shape index (κ3) is 1.16. The van der Waals surface area contributed by atoms with Gasteiger partial charge in [-0.25, -0.2) is 0 Å². The van der Waals surface area contributed by atoms with E-state index < -0.39 is 0 Å². The fraction of sp³-hybridized carbons (Fsp3) is 0.667. The summed E-state index contributed by atoms with van der Waals surface area (Å²) in [6.07, 6.45) is 1.31. The van der Waals surface area contributed by atoms with Crippen molar-refractivity contribution in [2.24, 2.45) is 5.73 Å². The van der Waals surface area contributed by atoms with Gasteiger partial charge in [-0.2, -0.15) is 4.98 Å². The van der Waals surface area contributed by atoms with Gasteiger partial charge in [0, 0.05) is 12.0 Å². The van der Waals surface area contributed by atoms with Crippen LogP contribution in [-0.4, -0.2) is 16.7 Å². The lowest BCUT2D eigenvalue weighted by Crippen LogP contribution is -2.29. The first-order valence-corrected chi connectivity index (χ1v) is 3.14. The van der Waals surface area contributed by atoms with Gasteiger partial charge >= 0.3 is 0 Å². The van der Waals surface area contributed by atoms with Gasteiger partial charge in [-0.05, 0) is 0 Å². The first kappa shape index (κ1) is 7.21. The van der Waals surface area contributed by atoms with Crippen LogP contribution in [0, 0.1) is 0 Å². The third-order valence-electron chi connectivity index (χ3n) is 1.48. The molecule has 0 unspecified atom stereocenters. The van der Waals surface area contributed by atoms with Crippen molar-refractivity contribution >= 4 is 0 Å². The second-order valence-corrected chi connectivity index (χ2v) is 2.84. The van der Waals surface area contributed by atoms with Crippen LogP contribution in [0.5, 0.6) is 0 Å². The highest BCUT2D eigenvalue weighted by atomic mass is 16.5. The average Bonchev–Trinajstić information content (AvgIpc) is 2.38. The molecule has 0 saturated carbocycles. The molecule has 0 bridgehead atoms. The predicted molar refractivity (Wildman–Crippen MR) is 36.4 cm³/mol. The van der Waals surface area contributed by atoms with E-state index in [1.54, 1.807) is 0 Å². The molecule has 0 saturated heterocycles. The number of nitrogens with two attached hydrogens (primary N) is 1. The van der Waals surface area contributed by atoms with Crippen LogP contribution >= 0.6 is 0 Å². The van der Waals surface area contributed by atoms with Crippen LogP contribution in [0.25, 0.3) is 0 Å². The van der Waals surface area contributed by atoms with Crippen LogP contribution in [0.2, 0.25) is 0 Å². The van der Waals surface area contributed by atoms with Crippen LogP contribution < -0.4 is 5.73 Å². The molecule has 0 spiro atoms. The second kappa shape index (κ2) is 2.38. The number of hydrogen-bond donors (Lipinski definition) is 1. The molecule has 0 aliphatic rings. The molecule has 1 heterocycles. The van der Waals surface area contributed by atoms with Crippen LogP contribution in [-0.2, 0) is 5.41 Å². The van der Waals surface area contributed by atoms with E-state index in [4.69, 9.17) is 5.73 Å². The molecule has 4 heteroatoms. The van der Waals surface area contributed by atoms with E-state index in [0.717, 1.165) is 0 Å². The zero-order valence-electron chi connectivity index (χ0n) is 6.16. The van der Waals surface area contributed by atoms with E-state index in [-0.39, 0.29) is 5.41 Å². The fourth-order valence-corrected chi connectivity index (χ4v) is 0.560. The Morgan fingerprint density at radius 2 is 2.40 bits per heavy atom. The van der Waals surface area contributed by atoms with Crippen molar-refractivity contribution in [1.82, 2.24) is 10.1 Å². The lowest BCUT2D eigenvalue weighted by molar-refractivity contribution is 0.387. The molecule has 0 radical (unpaired) electrons. The Morgan fingerprint density at radius 1 is 1.70 bits per heavy atom. The minimum absolute atomic E-state index is 0.174. The van der Waals surface area contributed by atoms with Gasteiger partial charge in [0.1, 0.15) is 0 Å². The molecule has 10 heavy (non-hydrogen) atoms. The van der Waals surface area contributed by atoms with Crippen LogP contribution in [0.4, 0.5) is 0 Å². The largest absolute Gasteiger partial charge is 0.343 e. The van der Waals surface area contributed by atoms with Gasteiger partial charge in [0.2, 0.25) is 6.39 Å². The highest BCUT2D eigenvalue weighted by Crippen LogP contribution is 2.15. The normalized spacial score (nSPS) is 11.9. The summed E-state index contributed by atoms with van der Waals surface area (Å²) in [5.41, 5.74) is 5.30. The van der Waals surface area contributed by atoms with Crippen molar-refractivity contribution in [2.75, 3.05) is 6.54 Å². The topological polar surface area (TPSA) is 64.9 Å². The van der Waals surface area contributed by atoms with Crippen LogP contribution in [0.15, 0.2) is 10.9 Å². The van der Waals surface area contributed by atoms with Crippen molar-refractivity contribution < 1.29 is 4.52 Å². The maximum Gasteiger partial charge on any atom is 0.213 e. The lowest BCUT2D eigenvalue weighted by Gasteiger charge is -2.16. The molecule has 0 aromatic carbocycles. The molecule has 0 aliphatic carbocycles. The minimum atomic E-state index is -0.174. The lowest BCUT2D eigenvalue weighted by atomic mass is 9.93. The number of rotatable bonds is 2. The van der Waals surface area contributed by atoms with Crippen LogP contribution in [0.3, 0.4) is 0 Å². The molecule has 1 aromatic rings. The quantitative estimate of drug-likeness (QED) is 0.643. The van der Waals surface area contributed by atoms with Gasteiger partial charge < -0.3 is 10.3 Å². The summed E-state index contributed by atoms with van der Waals surface area (Å²) in [5, 5.41) is 3.69. The second-order valence-electron chi connectivity index (χ2n) is 2.84. The highest BCUT2D eigenvalue weighted by Gasteiger charge is 2.22. The Morgan fingerprint density at radius 3 is 2.80 bits per heavy atom. The van der Waals surface area contributed by atoms with Crippen molar-refractivity contribution in [3.63, 3.8) is 0 Å². The van der Waals surface area contributed by atoms with Gasteiger partial charge in [0.15, 0.2) is 5.82 Å². The summed E-state index contributed by atoms with van der Waals surface area (Å²) in [5.74, 6) is 0.662. The van der Waals surface area contributed by atoms with Gasteiger partial charge in [-0.15, -0.1) is 0 Å². The molecule has 0 atom stereocenters. The SMILES string of the molecule is CC(C)(CN)c1ncon1. The Hall–Kier alpha value is -0.900. The maximum absolute atomic E-state index is 5.48. The molecular formula is C6H11N3O. The zero-order valence-corrected chi connectivity index (χ0v) is 6.16. The number of nitrogens with zero attached hydrogens (tertiary/aromatic N) is 2. The predicted octanol–water partition coefficient (Wildman–Crippen LogP) is 0.306. The summed E-state index contributed by atoms with van der Waals surface area (Å²) >= 11 is 0. The molecule has 4 nitrogen and oxygen atoms in total. The molecule has 0 amide bonds. The van der Waals surface area contributed by atoms with E-state index >= 15 is 0 Å². The molecule has 1 aromatic heterocycles. The zero-order chi connectivity index (χ0) is 7.61. The standard InChI is InChI=1S/C6H11N3O/c1-6(2,3-7)5-8-4-10-9-5/h4H,3,7H2,1-2H3. The van der Waals surface area contributed by atoms with Crippen molar-refractivity contribution in [3.05, 3.63) is 12.2 Å². The molecule has 1 rings (SSSR count). The van der Waals surface area contributed by atoms with Gasteiger partial charge in [0.05, 0.1) is 0 Å². The Labute approximate surface area is 59.4 Å². The molecule has 2 N–H and O–H groups in total. The third-order valence-corrected chi connectivity index (χ3v) is 1.48. The van der Waals surface area contributed by atoms with E-state index in [1.165, 1.54) is 6.39 Å². The first-order chi connectivity index (χ1) is 4.67. The Balaban J connectivity index is 2.85. The van der Waals surface area contributed by atoms with Crippen molar-refractivity contribution in [1.29, 1.82) is 0 Å². The van der Waals surface area contributed by atoms with E-state index in [0.29, 0.717) is 12.4 Å². The maximum atomic E-state index is 5.48. The Bertz CT molecular complexity index is 193. The highest BCUT2D eigenvalue weighted by molar-refractivity contribution is 5.00. The van der Waals surface area contributed by atoms with Crippen LogP contribution in [0.1, 0.15) is 19.7 Å². The van der Waals surface area contributed by atoms with E-state index in [9.17, 15) is 0 Å². The molecular weight excluding hydrogens is 130 g/mol. The summed E-state index contributed by atoms with van der Waals surface area (Å²) < 4.78 is 4.59. The average molecular weight is 141 g/mol. The number of hydrogen-bond acceptors (Lipinski definition) is 4. The smallest absolute Gasteiger partial charge is 0.213 e. The van der Waals surface area contributed by atoms with Crippen molar-refractivity contribution in [3.8, 4) is 0 Å². The summed E-state index contributed by atoms with van der Waals surface area (Å²) in [6.45, 7) is 4.46. The van der Waals surface area contributed by atoms with E-state index in [1.807, 2.05) is 13.8 Å².